The molecule has 0 aliphatic heterocycles. The maximum atomic E-state index is 13.0. The van der Waals surface area contributed by atoms with E-state index < -0.39 is 18.5 Å². The van der Waals surface area contributed by atoms with Crippen molar-refractivity contribution in [2.45, 2.75) is 25.4 Å². The van der Waals surface area contributed by atoms with Crippen LogP contribution in [0.25, 0.3) is 10.9 Å². The highest BCUT2D eigenvalue weighted by molar-refractivity contribution is 7.12. The van der Waals surface area contributed by atoms with E-state index in [1.807, 2.05) is 30.5 Å². The smallest absolute Gasteiger partial charge is 0.319 e. The lowest BCUT2D eigenvalue weighted by atomic mass is 10.0. The summed E-state index contributed by atoms with van der Waals surface area (Å²) in [6.07, 6.45) is 4.73. The molecule has 3 aromatic heterocycles. The molecule has 0 fully saturated rings. The number of nitrogens with zero attached hydrogens (tertiary/aromatic N) is 2. The normalized spacial score (nSPS) is 12.2. The first-order valence-corrected chi connectivity index (χ1v) is 10.9. The van der Waals surface area contributed by atoms with Crippen molar-refractivity contribution < 1.29 is 18.4 Å². The van der Waals surface area contributed by atoms with E-state index in [0.717, 1.165) is 21.0 Å². The number of fused-ring (bicyclic) bond motifs is 1. The minimum Gasteiger partial charge on any atom is -0.361 e. The van der Waals surface area contributed by atoms with Gasteiger partial charge >= 0.3 is 6.55 Å². The van der Waals surface area contributed by atoms with E-state index in [9.17, 15) is 18.4 Å². The standard InChI is InChI=1S/C22H21F2N5O2S/c23-22(24)29-10-9-25-19(29)7-8-26-20(30)17(28-21(31)18-6-3-11-32-18)12-14-13-27-16-5-2-1-4-15(14)16/h1-6,9-11,13,17,22,27H,7-8,12H2,(H,26,30)(H,28,31). The lowest BCUT2D eigenvalue weighted by Gasteiger charge is -2.18. The maximum absolute atomic E-state index is 13.0. The molecule has 4 aromatic rings. The summed E-state index contributed by atoms with van der Waals surface area (Å²) in [5.74, 6) is -0.556. The zero-order chi connectivity index (χ0) is 22.5. The average Bonchev–Trinajstić information content (AvgIpc) is 3.54. The Morgan fingerprint density at radius 2 is 2.03 bits per heavy atom. The van der Waals surface area contributed by atoms with E-state index in [1.54, 1.807) is 17.5 Å². The van der Waals surface area contributed by atoms with Gasteiger partial charge in [0.15, 0.2) is 0 Å². The number of nitrogens with one attached hydrogen (secondary N) is 3. The summed E-state index contributed by atoms with van der Waals surface area (Å²) >= 11 is 1.28. The monoisotopic (exact) mass is 457 g/mol. The van der Waals surface area contributed by atoms with Crippen molar-refractivity contribution in [3.05, 3.63) is 76.6 Å². The van der Waals surface area contributed by atoms with Crippen molar-refractivity contribution in [2.24, 2.45) is 0 Å². The van der Waals surface area contributed by atoms with Crippen molar-refractivity contribution in [2.75, 3.05) is 6.54 Å². The highest BCUT2D eigenvalue weighted by Gasteiger charge is 2.23. The van der Waals surface area contributed by atoms with Gasteiger partial charge in [0.05, 0.1) is 4.88 Å². The van der Waals surface area contributed by atoms with Crippen LogP contribution >= 0.6 is 11.3 Å². The molecular weight excluding hydrogens is 436 g/mol. The fourth-order valence-corrected chi connectivity index (χ4v) is 4.13. The first-order chi connectivity index (χ1) is 15.5. The van der Waals surface area contributed by atoms with Crippen molar-refractivity contribution in [3.8, 4) is 0 Å². The van der Waals surface area contributed by atoms with Crippen LogP contribution in [-0.2, 0) is 17.6 Å². The Bertz CT molecular complexity index is 1200. The zero-order valence-electron chi connectivity index (χ0n) is 16.9. The highest BCUT2D eigenvalue weighted by Crippen LogP contribution is 2.20. The third-order valence-electron chi connectivity index (χ3n) is 5.07. The number of carbonyl (C=O) groups is 2. The minimum absolute atomic E-state index is 0.113. The number of imidazole rings is 1. The molecule has 3 N–H and O–H groups in total. The Balaban J connectivity index is 1.46. The van der Waals surface area contributed by atoms with Gasteiger partial charge in [-0.15, -0.1) is 11.3 Å². The number of amides is 2. The Hall–Kier alpha value is -3.53. The predicted octanol–water partition coefficient (Wildman–Crippen LogP) is 3.52. The molecule has 7 nitrogen and oxygen atoms in total. The molecule has 0 saturated carbocycles. The van der Waals surface area contributed by atoms with Gasteiger partial charge in [0.2, 0.25) is 5.91 Å². The molecule has 1 unspecified atom stereocenters. The average molecular weight is 458 g/mol. The van der Waals surface area contributed by atoms with Gasteiger partial charge in [-0.2, -0.15) is 8.78 Å². The zero-order valence-corrected chi connectivity index (χ0v) is 17.7. The van der Waals surface area contributed by atoms with Crippen LogP contribution < -0.4 is 10.6 Å². The maximum Gasteiger partial charge on any atom is 0.319 e. The molecule has 0 aliphatic rings. The molecule has 2 amide bonds. The van der Waals surface area contributed by atoms with E-state index >= 15 is 0 Å². The third kappa shape index (κ3) is 4.86. The van der Waals surface area contributed by atoms with Gasteiger partial charge in [-0.05, 0) is 23.1 Å². The molecular formula is C22H21F2N5O2S. The lowest BCUT2D eigenvalue weighted by molar-refractivity contribution is -0.122. The third-order valence-corrected chi connectivity index (χ3v) is 5.94. The Kier molecular flexibility index (Phi) is 6.60. The number of aromatic nitrogens is 3. The molecule has 32 heavy (non-hydrogen) atoms. The summed E-state index contributed by atoms with van der Waals surface area (Å²) in [6.45, 7) is -2.58. The number of hydrogen-bond acceptors (Lipinski definition) is 4. The SMILES string of the molecule is O=C(NC(Cc1c[nH]c2ccccc12)C(=O)NCCc1nccn1C(F)F)c1cccs1. The van der Waals surface area contributed by atoms with Gasteiger partial charge in [-0.3, -0.25) is 14.2 Å². The van der Waals surface area contributed by atoms with Gasteiger partial charge in [0, 0.05) is 48.9 Å². The topological polar surface area (TPSA) is 91.8 Å². The van der Waals surface area contributed by atoms with Crippen molar-refractivity contribution in [1.82, 2.24) is 25.2 Å². The number of hydrogen-bond donors (Lipinski definition) is 3. The summed E-state index contributed by atoms with van der Waals surface area (Å²) in [4.78, 5) is 33.1. The van der Waals surface area contributed by atoms with Gasteiger partial charge in [-0.25, -0.2) is 4.98 Å². The second-order valence-electron chi connectivity index (χ2n) is 7.14. The molecule has 0 spiro atoms. The molecule has 0 saturated heterocycles. The minimum atomic E-state index is -2.69. The first-order valence-electron chi connectivity index (χ1n) is 10.00. The van der Waals surface area contributed by atoms with Gasteiger partial charge < -0.3 is 15.6 Å². The number of rotatable bonds is 9. The number of para-hydroxylation sites is 1. The second-order valence-corrected chi connectivity index (χ2v) is 8.08. The van der Waals surface area contributed by atoms with E-state index in [4.69, 9.17) is 0 Å². The van der Waals surface area contributed by atoms with Crippen LogP contribution in [0.4, 0.5) is 8.78 Å². The van der Waals surface area contributed by atoms with Gasteiger partial charge in [-0.1, -0.05) is 24.3 Å². The summed E-state index contributed by atoms with van der Waals surface area (Å²) in [6, 6.07) is 10.3. The summed E-state index contributed by atoms with van der Waals surface area (Å²) < 4.78 is 26.7. The molecule has 166 valence electrons. The second kappa shape index (κ2) is 9.73. The van der Waals surface area contributed by atoms with Crippen LogP contribution in [0.3, 0.4) is 0 Å². The lowest BCUT2D eigenvalue weighted by Crippen LogP contribution is -2.48. The summed E-state index contributed by atoms with van der Waals surface area (Å²) in [5.41, 5.74) is 1.82. The van der Waals surface area contributed by atoms with Crippen LogP contribution in [0.1, 0.15) is 27.6 Å². The fraction of sp³-hybridized carbons (Fsp3) is 0.227. The van der Waals surface area contributed by atoms with Gasteiger partial charge in [0.1, 0.15) is 11.9 Å². The quantitative estimate of drug-likeness (QED) is 0.359. The highest BCUT2D eigenvalue weighted by atomic mass is 32.1. The molecule has 0 aliphatic carbocycles. The van der Waals surface area contributed by atoms with Crippen molar-refractivity contribution >= 4 is 34.1 Å². The van der Waals surface area contributed by atoms with Gasteiger partial charge in [0.25, 0.3) is 5.91 Å². The molecule has 10 heteroatoms. The number of benzene rings is 1. The fourth-order valence-electron chi connectivity index (χ4n) is 3.50. The molecule has 1 atom stereocenters. The predicted molar refractivity (Wildman–Crippen MR) is 118 cm³/mol. The molecule has 0 radical (unpaired) electrons. The number of aromatic amines is 1. The van der Waals surface area contributed by atoms with Crippen molar-refractivity contribution in [3.63, 3.8) is 0 Å². The molecule has 4 rings (SSSR count). The van der Waals surface area contributed by atoms with E-state index in [2.05, 4.69) is 20.6 Å². The Morgan fingerprint density at radius 1 is 1.19 bits per heavy atom. The van der Waals surface area contributed by atoms with Crippen LogP contribution in [-0.4, -0.2) is 38.9 Å². The van der Waals surface area contributed by atoms with Crippen LogP contribution in [0.5, 0.6) is 0 Å². The summed E-state index contributed by atoms with van der Waals surface area (Å²) in [5, 5.41) is 8.29. The van der Waals surface area contributed by atoms with E-state index in [1.165, 1.54) is 23.7 Å². The largest absolute Gasteiger partial charge is 0.361 e. The Morgan fingerprint density at radius 3 is 2.81 bits per heavy atom. The summed E-state index contributed by atoms with van der Waals surface area (Å²) in [7, 11) is 0. The first kappa shape index (κ1) is 21.7. The van der Waals surface area contributed by atoms with Crippen LogP contribution in [0.2, 0.25) is 0 Å². The number of alkyl halides is 2. The molecule has 0 bridgehead atoms. The van der Waals surface area contributed by atoms with E-state index in [0.29, 0.717) is 4.88 Å². The van der Waals surface area contributed by atoms with Crippen LogP contribution in [0, 0.1) is 0 Å². The molecule has 1 aromatic carbocycles. The van der Waals surface area contributed by atoms with Crippen molar-refractivity contribution in [1.29, 1.82) is 0 Å². The number of H-pyrrole nitrogens is 1. The number of thiophene rings is 1. The Labute approximate surface area is 186 Å². The van der Waals surface area contributed by atoms with E-state index in [-0.39, 0.29) is 31.1 Å². The molecule has 3 heterocycles. The number of carbonyl (C=O) groups excluding carboxylic acids is 2. The number of halogens is 2. The van der Waals surface area contributed by atoms with Crippen LogP contribution in [0.15, 0.2) is 60.4 Å².